The Hall–Kier alpha value is -0.630. The average Bonchev–Trinajstić information content (AvgIpc) is 1.86. The number of carbonyl (C=O) groups excluding carboxylic acids is 1. The zero-order chi connectivity index (χ0) is 8.85. The van der Waals surface area contributed by atoms with Crippen molar-refractivity contribution in [1.29, 1.82) is 0 Å². The first kappa shape index (κ1) is 10.4. The Kier molecular flexibility index (Phi) is 4.79. The van der Waals surface area contributed by atoms with E-state index in [1.54, 1.807) is 13.0 Å². The predicted molar refractivity (Wildman–Crippen MR) is 45.5 cm³/mol. The molecule has 0 heterocycles. The van der Waals surface area contributed by atoms with Gasteiger partial charge in [-0.25, -0.2) is 0 Å². The molecular weight excluding hydrogens is 140 g/mol. The third-order valence-electron chi connectivity index (χ3n) is 1.25. The molecule has 0 radical (unpaired) electrons. The van der Waals surface area contributed by atoms with Gasteiger partial charge in [-0.1, -0.05) is 5.57 Å². The lowest BCUT2D eigenvalue weighted by Crippen LogP contribution is -2.18. The third kappa shape index (κ3) is 4.73. The average molecular weight is 156 g/mol. The Morgan fingerprint density at radius 1 is 1.55 bits per heavy atom. The minimum absolute atomic E-state index is 0.0480. The van der Waals surface area contributed by atoms with Crippen LogP contribution in [0.2, 0.25) is 0 Å². The second-order valence-corrected chi connectivity index (χ2v) is 2.72. The van der Waals surface area contributed by atoms with Crippen LogP contribution < -0.4 is 0 Å². The van der Waals surface area contributed by atoms with Gasteiger partial charge in [-0.3, -0.25) is 4.79 Å². The summed E-state index contributed by atoms with van der Waals surface area (Å²) in [5.74, 6) is 0.0480. The fourth-order valence-corrected chi connectivity index (χ4v) is 0.734. The first-order valence-electron chi connectivity index (χ1n) is 3.88. The van der Waals surface area contributed by atoms with E-state index in [1.807, 2.05) is 20.8 Å². The van der Waals surface area contributed by atoms with E-state index in [-0.39, 0.29) is 11.9 Å². The lowest BCUT2D eigenvalue weighted by atomic mass is 10.2. The number of allylic oxidation sites excluding steroid dienone is 1. The molecule has 1 unspecified atom stereocenters. The molecule has 0 aliphatic heterocycles. The van der Waals surface area contributed by atoms with Gasteiger partial charge in [0.15, 0.2) is 5.78 Å². The second kappa shape index (κ2) is 5.08. The Labute approximate surface area is 68.2 Å². The fraction of sp³-hybridized carbons (Fsp3) is 0.667. The molecular formula is C9H16O2. The maximum absolute atomic E-state index is 11.1. The molecule has 2 nitrogen and oxygen atoms in total. The van der Waals surface area contributed by atoms with Crippen LogP contribution in [0.15, 0.2) is 11.6 Å². The van der Waals surface area contributed by atoms with Crippen molar-refractivity contribution < 1.29 is 9.53 Å². The lowest BCUT2D eigenvalue weighted by molar-refractivity contribution is -0.124. The minimum Gasteiger partial charge on any atom is -0.371 e. The Morgan fingerprint density at radius 3 is 2.45 bits per heavy atom. The van der Waals surface area contributed by atoms with Crippen molar-refractivity contribution in [3.05, 3.63) is 11.6 Å². The smallest absolute Gasteiger partial charge is 0.184 e. The van der Waals surface area contributed by atoms with Crippen molar-refractivity contribution in [3.63, 3.8) is 0 Å². The summed E-state index contributed by atoms with van der Waals surface area (Å²) in [6, 6.07) is 0. The fourth-order valence-electron chi connectivity index (χ4n) is 0.734. The van der Waals surface area contributed by atoms with Gasteiger partial charge in [0.05, 0.1) is 0 Å². The third-order valence-corrected chi connectivity index (χ3v) is 1.25. The zero-order valence-corrected chi connectivity index (χ0v) is 7.68. The lowest BCUT2D eigenvalue weighted by Gasteiger charge is -2.06. The van der Waals surface area contributed by atoms with Gasteiger partial charge in [0.2, 0.25) is 0 Å². The molecule has 0 N–H and O–H groups in total. The van der Waals surface area contributed by atoms with Gasteiger partial charge >= 0.3 is 0 Å². The largest absolute Gasteiger partial charge is 0.371 e. The van der Waals surface area contributed by atoms with Crippen LogP contribution in [-0.4, -0.2) is 18.5 Å². The van der Waals surface area contributed by atoms with Crippen LogP contribution >= 0.6 is 0 Å². The molecule has 0 spiro atoms. The second-order valence-electron chi connectivity index (χ2n) is 2.72. The van der Waals surface area contributed by atoms with Crippen LogP contribution in [0.3, 0.4) is 0 Å². The number of carbonyl (C=O) groups is 1. The van der Waals surface area contributed by atoms with Crippen molar-refractivity contribution in [1.82, 2.24) is 0 Å². The van der Waals surface area contributed by atoms with Gasteiger partial charge in [-0.2, -0.15) is 0 Å². The maximum Gasteiger partial charge on any atom is 0.184 e. The van der Waals surface area contributed by atoms with Crippen molar-refractivity contribution in [2.45, 2.75) is 33.8 Å². The predicted octanol–water partition coefficient (Wildman–Crippen LogP) is 1.95. The van der Waals surface area contributed by atoms with Crippen LogP contribution in [-0.2, 0) is 9.53 Å². The molecule has 0 aromatic rings. The minimum atomic E-state index is -0.296. The number of ketones is 1. The Morgan fingerprint density at radius 2 is 2.09 bits per heavy atom. The van der Waals surface area contributed by atoms with Crippen molar-refractivity contribution in [2.75, 3.05) is 6.61 Å². The molecule has 0 rings (SSSR count). The van der Waals surface area contributed by atoms with Crippen LogP contribution in [0.4, 0.5) is 0 Å². The molecule has 0 aliphatic rings. The van der Waals surface area contributed by atoms with Crippen molar-refractivity contribution in [3.8, 4) is 0 Å². The maximum atomic E-state index is 11.1. The van der Waals surface area contributed by atoms with E-state index in [2.05, 4.69) is 0 Å². The van der Waals surface area contributed by atoms with Gasteiger partial charge < -0.3 is 4.74 Å². The van der Waals surface area contributed by atoms with E-state index in [4.69, 9.17) is 4.74 Å². The first-order valence-corrected chi connectivity index (χ1v) is 3.88. The summed E-state index contributed by atoms with van der Waals surface area (Å²) in [4.78, 5) is 11.1. The molecule has 2 heteroatoms. The van der Waals surface area contributed by atoms with E-state index < -0.39 is 0 Å². The van der Waals surface area contributed by atoms with E-state index in [9.17, 15) is 4.79 Å². The monoisotopic (exact) mass is 156 g/mol. The number of hydrogen-bond acceptors (Lipinski definition) is 2. The molecule has 11 heavy (non-hydrogen) atoms. The van der Waals surface area contributed by atoms with Gasteiger partial charge in [-0.05, 0) is 33.8 Å². The molecule has 0 saturated heterocycles. The standard InChI is InChI=1S/C9H16O2/c1-5-11-8(4)9(10)6-7(2)3/h6,8H,5H2,1-4H3. The van der Waals surface area contributed by atoms with E-state index in [0.29, 0.717) is 6.61 Å². The van der Waals surface area contributed by atoms with Gasteiger partial charge in [0.25, 0.3) is 0 Å². The number of hydrogen-bond donors (Lipinski definition) is 0. The molecule has 0 fully saturated rings. The highest BCUT2D eigenvalue weighted by Crippen LogP contribution is 1.97. The number of rotatable bonds is 4. The Bertz CT molecular complexity index is 155. The summed E-state index contributed by atoms with van der Waals surface area (Å²) in [5, 5.41) is 0. The molecule has 0 bridgehead atoms. The summed E-state index contributed by atoms with van der Waals surface area (Å²) in [5.41, 5.74) is 1.02. The molecule has 0 amide bonds. The van der Waals surface area contributed by atoms with Crippen LogP contribution in [0, 0.1) is 0 Å². The van der Waals surface area contributed by atoms with E-state index in [0.717, 1.165) is 5.57 Å². The van der Waals surface area contributed by atoms with Crippen LogP contribution in [0.25, 0.3) is 0 Å². The van der Waals surface area contributed by atoms with E-state index >= 15 is 0 Å². The summed E-state index contributed by atoms with van der Waals surface area (Å²) in [6.45, 7) is 8.04. The summed E-state index contributed by atoms with van der Waals surface area (Å²) < 4.78 is 5.11. The molecule has 64 valence electrons. The van der Waals surface area contributed by atoms with E-state index in [1.165, 1.54) is 0 Å². The van der Waals surface area contributed by atoms with Crippen LogP contribution in [0.5, 0.6) is 0 Å². The van der Waals surface area contributed by atoms with Gasteiger partial charge in [0.1, 0.15) is 6.10 Å². The van der Waals surface area contributed by atoms with Crippen LogP contribution in [0.1, 0.15) is 27.7 Å². The number of ether oxygens (including phenoxy) is 1. The highest BCUT2D eigenvalue weighted by molar-refractivity contribution is 5.93. The highest BCUT2D eigenvalue weighted by Gasteiger charge is 2.08. The molecule has 1 atom stereocenters. The Balaban J connectivity index is 3.93. The quantitative estimate of drug-likeness (QED) is 0.581. The molecule has 0 aromatic heterocycles. The summed E-state index contributed by atoms with van der Waals surface area (Å²) in [7, 11) is 0. The van der Waals surface area contributed by atoms with Crippen molar-refractivity contribution >= 4 is 5.78 Å². The normalized spacial score (nSPS) is 12.4. The highest BCUT2D eigenvalue weighted by atomic mass is 16.5. The zero-order valence-electron chi connectivity index (χ0n) is 7.68. The molecule has 0 aliphatic carbocycles. The molecule has 0 saturated carbocycles. The first-order chi connectivity index (χ1) is 5.07. The van der Waals surface area contributed by atoms with Gasteiger partial charge in [-0.15, -0.1) is 0 Å². The molecule has 0 aromatic carbocycles. The summed E-state index contributed by atoms with van der Waals surface area (Å²) >= 11 is 0. The van der Waals surface area contributed by atoms with Crippen molar-refractivity contribution in [2.24, 2.45) is 0 Å². The SMILES string of the molecule is CCOC(C)C(=O)C=C(C)C. The summed E-state index contributed by atoms with van der Waals surface area (Å²) in [6.07, 6.45) is 1.32. The topological polar surface area (TPSA) is 26.3 Å². The van der Waals surface area contributed by atoms with Gasteiger partial charge in [0, 0.05) is 6.61 Å².